The normalized spacial score (nSPS) is 14.9. The molecule has 3 aromatic rings. The summed E-state index contributed by atoms with van der Waals surface area (Å²) in [7, 11) is -1.95. The number of nitrogens with zero attached hydrogens (tertiary/aromatic N) is 2. The fourth-order valence-corrected chi connectivity index (χ4v) is 5.74. The monoisotopic (exact) mass is 457 g/mol. The molecule has 0 spiro atoms. The molecule has 0 atom stereocenters. The first-order valence-electron chi connectivity index (χ1n) is 9.99. The zero-order valence-electron chi connectivity index (χ0n) is 17.1. The van der Waals surface area contributed by atoms with Gasteiger partial charge in [0.1, 0.15) is 5.75 Å². The van der Waals surface area contributed by atoms with E-state index in [-0.39, 0.29) is 10.8 Å². The minimum atomic E-state index is -3.46. The molecule has 4 rings (SSSR count). The Labute approximate surface area is 185 Å². The molecular formula is C22H23N3O4S2. The predicted molar refractivity (Wildman–Crippen MR) is 121 cm³/mol. The number of amides is 1. The smallest absolute Gasteiger partial charge is 0.261 e. The number of thiazole rings is 1. The van der Waals surface area contributed by atoms with Crippen LogP contribution in [0.2, 0.25) is 0 Å². The van der Waals surface area contributed by atoms with Crippen LogP contribution in [0.5, 0.6) is 5.75 Å². The van der Waals surface area contributed by atoms with Crippen LogP contribution >= 0.6 is 11.3 Å². The van der Waals surface area contributed by atoms with Crippen LogP contribution in [0.3, 0.4) is 0 Å². The van der Waals surface area contributed by atoms with Crippen molar-refractivity contribution in [2.24, 2.45) is 0 Å². The van der Waals surface area contributed by atoms with Gasteiger partial charge in [-0.2, -0.15) is 4.31 Å². The third-order valence-corrected chi connectivity index (χ3v) is 7.85. The fourth-order valence-electron chi connectivity index (χ4n) is 3.51. The van der Waals surface area contributed by atoms with Gasteiger partial charge in [-0.05, 0) is 37.1 Å². The number of sulfonamides is 1. The average Bonchev–Trinajstić information content (AvgIpc) is 3.28. The number of piperidine rings is 1. The van der Waals surface area contributed by atoms with E-state index in [1.54, 1.807) is 52.8 Å². The zero-order chi connectivity index (χ0) is 21.8. The van der Waals surface area contributed by atoms with E-state index in [4.69, 9.17) is 4.74 Å². The van der Waals surface area contributed by atoms with Crippen LogP contribution in [0.1, 0.15) is 29.6 Å². The molecule has 0 aliphatic carbocycles. The van der Waals surface area contributed by atoms with Crippen LogP contribution in [0.25, 0.3) is 11.3 Å². The number of anilines is 1. The third kappa shape index (κ3) is 4.63. The van der Waals surface area contributed by atoms with E-state index in [0.717, 1.165) is 24.8 Å². The van der Waals surface area contributed by atoms with Gasteiger partial charge in [0.15, 0.2) is 5.13 Å². The Kier molecular flexibility index (Phi) is 6.35. The van der Waals surface area contributed by atoms with Crippen molar-refractivity contribution in [1.82, 2.24) is 9.29 Å². The standard InChI is InChI=1S/C22H23N3O4S2/c1-29-20-8-4-3-7-18(20)21(26)24-22-23-19(15-30-22)16-9-11-17(12-10-16)31(27,28)25-13-5-2-6-14-25/h3-4,7-12,15H,2,5-6,13-14H2,1H3,(H,23,24,26). The number of ether oxygens (including phenoxy) is 1. The lowest BCUT2D eigenvalue weighted by atomic mass is 10.2. The van der Waals surface area contributed by atoms with Crippen molar-refractivity contribution in [3.63, 3.8) is 0 Å². The van der Waals surface area contributed by atoms with E-state index in [1.165, 1.54) is 18.4 Å². The van der Waals surface area contributed by atoms with E-state index in [0.29, 0.717) is 35.2 Å². The minimum absolute atomic E-state index is 0.290. The summed E-state index contributed by atoms with van der Waals surface area (Å²) >= 11 is 1.30. The molecule has 1 saturated heterocycles. The van der Waals surface area contributed by atoms with Gasteiger partial charge in [0.25, 0.3) is 5.91 Å². The Morgan fingerprint density at radius 1 is 1.06 bits per heavy atom. The maximum Gasteiger partial charge on any atom is 0.261 e. The summed E-state index contributed by atoms with van der Waals surface area (Å²) in [6.45, 7) is 1.15. The van der Waals surface area contributed by atoms with E-state index < -0.39 is 10.0 Å². The van der Waals surface area contributed by atoms with E-state index >= 15 is 0 Å². The van der Waals surface area contributed by atoms with Crippen molar-refractivity contribution in [2.75, 3.05) is 25.5 Å². The number of aromatic nitrogens is 1. The number of para-hydroxylation sites is 1. The summed E-state index contributed by atoms with van der Waals surface area (Å²) in [5.74, 6) is 0.184. The van der Waals surface area contributed by atoms with Crippen LogP contribution in [0.4, 0.5) is 5.13 Å². The lowest BCUT2D eigenvalue weighted by molar-refractivity contribution is 0.102. The lowest BCUT2D eigenvalue weighted by Gasteiger charge is -2.25. The number of rotatable bonds is 6. The second-order valence-electron chi connectivity index (χ2n) is 7.18. The SMILES string of the molecule is COc1ccccc1C(=O)Nc1nc(-c2ccc(S(=O)(=O)N3CCCCC3)cc2)cs1. The van der Waals surface area contributed by atoms with Crippen LogP contribution in [-0.4, -0.2) is 43.8 Å². The molecule has 2 aromatic carbocycles. The van der Waals surface area contributed by atoms with E-state index in [1.807, 2.05) is 5.38 Å². The summed E-state index contributed by atoms with van der Waals surface area (Å²) in [6, 6.07) is 13.7. The van der Waals surface area contributed by atoms with Crippen molar-refractivity contribution in [3.8, 4) is 17.0 Å². The van der Waals surface area contributed by atoms with Crippen LogP contribution in [-0.2, 0) is 10.0 Å². The van der Waals surface area contributed by atoms with Gasteiger partial charge in [-0.25, -0.2) is 13.4 Å². The number of carbonyl (C=O) groups excluding carboxylic acids is 1. The first-order valence-corrected chi connectivity index (χ1v) is 12.3. The van der Waals surface area contributed by atoms with Gasteiger partial charge in [0.05, 0.1) is 23.3 Å². The van der Waals surface area contributed by atoms with Gasteiger partial charge in [-0.1, -0.05) is 30.7 Å². The first kappa shape index (κ1) is 21.5. The number of benzene rings is 2. The Balaban J connectivity index is 1.48. The molecule has 1 amide bonds. The summed E-state index contributed by atoms with van der Waals surface area (Å²) in [6.07, 6.45) is 2.88. The zero-order valence-corrected chi connectivity index (χ0v) is 18.7. The quantitative estimate of drug-likeness (QED) is 0.598. The topological polar surface area (TPSA) is 88.6 Å². The van der Waals surface area contributed by atoms with Crippen LogP contribution in [0.15, 0.2) is 58.8 Å². The molecule has 1 aliphatic rings. The lowest BCUT2D eigenvalue weighted by Crippen LogP contribution is -2.35. The van der Waals surface area contributed by atoms with Crippen molar-refractivity contribution >= 4 is 32.4 Å². The number of nitrogens with one attached hydrogen (secondary N) is 1. The maximum absolute atomic E-state index is 12.8. The highest BCUT2D eigenvalue weighted by Gasteiger charge is 2.25. The van der Waals surface area contributed by atoms with Crippen molar-refractivity contribution in [1.29, 1.82) is 0 Å². The number of hydrogen-bond donors (Lipinski definition) is 1. The molecule has 0 saturated carbocycles. The first-order chi connectivity index (χ1) is 15.0. The van der Waals surface area contributed by atoms with Crippen LogP contribution in [0, 0.1) is 0 Å². The molecule has 7 nitrogen and oxygen atoms in total. The second kappa shape index (κ2) is 9.17. The molecule has 162 valence electrons. The molecule has 0 radical (unpaired) electrons. The molecule has 2 heterocycles. The minimum Gasteiger partial charge on any atom is -0.496 e. The molecule has 1 fully saturated rings. The Morgan fingerprint density at radius 3 is 2.48 bits per heavy atom. The average molecular weight is 458 g/mol. The molecule has 0 bridgehead atoms. The Hall–Kier alpha value is -2.75. The Morgan fingerprint density at radius 2 is 1.77 bits per heavy atom. The number of hydrogen-bond acceptors (Lipinski definition) is 6. The molecule has 1 N–H and O–H groups in total. The summed E-state index contributed by atoms with van der Waals surface area (Å²) in [5.41, 5.74) is 1.88. The van der Waals surface area contributed by atoms with Gasteiger partial charge in [-0.15, -0.1) is 11.3 Å². The number of methoxy groups -OCH3 is 1. The van der Waals surface area contributed by atoms with Crippen molar-refractivity contribution < 1.29 is 17.9 Å². The third-order valence-electron chi connectivity index (χ3n) is 5.18. The number of carbonyl (C=O) groups is 1. The highest BCUT2D eigenvalue weighted by atomic mass is 32.2. The largest absolute Gasteiger partial charge is 0.496 e. The Bertz CT molecular complexity index is 1170. The van der Waals surface area contributed by atoms with Crippen molar-refractivity contribution in [2.45, 2.75) is 24.2 Å². The maximum atomic E-state index is 12.8. The van der Waals surface area contributed by atoms with Crippen LogP contribution < -0.4 is 10.1 Å². The van der Waals surface area contributed by atoms with Crippen molar-refractivity contribution in [3.05, 3.63) is 59.5 Å². The highest BCUT2D eigenvalue weighted by Crippen LogP contribution is 2.28. The predicted octanol–water partition coefficient (Wildman–Crippen LogP) is 4.25. The molecular weight excluding hydrogens is 434 g/mol. The molecule has 0 unspecified atom stereocenters. The summed E-state index contributed by atoms with van der Waals surface area (Å²) in [4.78, 5) is 17.3. The molecule has 1 aromatic heterocycles. The molecule has 31 heavy (non-hydrogen) atoms. The molecule has 1 aliphatic heterocycles. The molecule has 9 heteroatoms. The second-order valence-corrected chi connectivity index (χ2v) is 9.98. The van der Waals surface area contributed by atoms with E-state index in [2.05, 4.69) is 10.3 Å². The van der Waals surface area contributed by atoms with Gasteiger partial charge in [0.2, 0.25) is 10.0 Å². The van der Waals surface area contributed by atoms with E-state index in [9.17, 15) is 13.2 Å². The van der Waals surface area contributed by atoms with Gasteiger partial charge >= 0.3 is 0 Å². The van der Waals surface area contributed by atoms with Gasteiger partial charge in [0, 0.05) is 24.0 Å². The van der Waals surface area contributed by atoms with Gasteiger partial charge < -0.3 is 4.74 Å². The van der Waals surface area contributed by atoms with Gasteiger partial charge in [-0.3, -0.25) is 10.1 Å². The summed E-state index contributed by atoms with van der Waals surface area (Å²) in [5, 5.41) is 5.07. The fraction of sp³-hybridized carbons (Fsp3) is 0.273. The summed E-state index contributed by atoms with van der Waals surface area (Å²) < 4.78 is 32.4. The highest BCUT2D eigenvalue weighted by molar-refractivity contribution is 7.89.